The van der Waals surface area contributed by atoms with Crippen LogP contribution in [-0.2, 0) is 14.3 Å². The third-order valence-electron chi connectivity index (χ3n) is 4.16. The van der Waals surface area contributed by atoms with E-state index in [1.807, 2.05) is 0 Å². The van der Waals surface area contributed by atoms with Crippen molar-refractivity contribution in [3.05, 3.63) is 46.0 Å². The SMILES string of the molecule is Cc1ccc(NC(=O)[C@@H]2[C@@H](C(=O)O)[C@@H]3C=C[C@@H]2O3)cc1[N+](=O)[O-]. The Morgan fingerprint density at radius 3 is 2.52 bits per heavy atom. The monoisotopic (exact) mass is 318 g/mol. The molecule has 0 radical (unpaired) electrons. The minimum Gasteiger partial charge on any atom is -0.481 e. The molecule has 1 saturated heterocycles. The van der Waals surface area contributed by atoms with Gasteiger partial charge in [-0.3, -0.25) is 19.7 Å². The van der Waals surface area contributed by atoms with Crippen molar-refractivity contribution in [2.75, 3.05) is 5.32 Å². The first-order valence-corrected chi connectivity index (χ1v) is 7.01. The van der Waals surface area contributed by atoms with Gasteiger partial charge in [-0.2, -0.15) is 0 Å². The highest BCUT2D eigenvalue weighted by Gasteiger charge is 2.53. The van der Waals surface area contributed by atoms with Crippen LogP contribution in [0.3, 0.4) is 0 Å². The van der Waals surface area contributed by atoms with Crippen LogP contribution < -0.4 is 5.32 Å². The number of nitro benzene ring substituents is 1. The zero-order valence-electron chi connectivity index (χ0n) is 12.1. The van der Waals surface area contributed by atoms with Gasteiger partial charge in [0, 0.05) is 17.3 Å². The molecule has 3 rings (SSSR count). The van der Waals surface area contributed by atoms with Gasteiger partial charge in [0.05, 0.1) is 23.0 Å². The molecule has 2 heterocycles. The molecule has 1 fully saturated rings. The van der Waals surface area contributed by atoms with E-state index >= 15 is 0 Å². The van der Waals surface area contributed by atoms with E-state index in [-0.39, 0.29) is 11.4 Å². The molecule has 0 aliphatic carbocycles. The second-order valence-corrected chi connectivity index (χ2v) is 5.59. The lowest BCUT2D eigenvalue weighted by Crippen LogP contribution is -2.39. The summed E-state index contributed by atoms with van der Waals surface area (Å²) in [7, 11) is 0. The van der Waals surface area contributed by atoms with Crippen LogP contribution in [0.4, 0.5) is 11.4 Å². The molecule has 4 atom stereocenters. The predicted octanol–water partition coefficient (Wildman–Crippen LogP) is 1.50. The molecule has 1 aromatic carbocycles. The smallest absolute Gasteiger partial charge is 0.310 e. The average molecular weight is 318 g/mol. The Morgan fingerprint density at radius 1 is 1.26 bits per heavy atom. The Labute approximate surface area is 130 Å². The Balaban J connectivity index is 1.82. The number of anilines is 1. The van der Waals surface area contributed by atoms with Crippen LogP contribution in [0.5, 0.6) is 0 Å². The summed E-state index contributed by atoms with van der Waals surface area (Å²) in [5.41, 5.74) is 0.618. The van der Waals surface area contributed by atoms with E-state index in [0.717, 1.165) is 0 Å². The van der Waals surface area contributed by atoms with E-state index in [1.54, 1.807) is 25.1 Å². The third-order valence-corrected chi connectivity index (χ3v) is 4.16. The van der Waals surface area contributed by atoms with Crippen LogP contribution >= 0.6 is 0 Å². The summed E-state index contributed by atoms with van der Waals surface area (Å²) >= 11 is 0. The molecule has 2 N–H and O–H groups in total. The largest absolute Gasteiger partial charge is 0.481 e. The molecule has 8 nitrogen and oxygen atoms in total. The molecule has 8 heteroatoms. The number of carbonyl (C=O) groups is 2. The molecule has 0 aromatic heterocycles. The molecule has 1 aromatic rings. The molecule has 2 aliphatic heterocycles. The number of nitrogens with zero attached hydrogens (tertiary/aromatic N) is 1. The van der Waals surface area contributed by atoms with Gasteiger partial charge in [0.1, 0.15) is 5.92 Å². The van der Waals surface area contributed by atoms with Crippen molar-refractivity contribution in [2.24, 2.45) is 11.8 Å². The van der Waals surface area contributed by atoms with Crippen LogP contribution in [0.2, 0.25) is 0 Å². The number of benzene rings is 1. The summed E-state index contributed by atoms with van der Waals surface area (Å²) in [5, 5.41) is 22.8. The average Bonchev–Trinajstić information content (AvgIpc) is 3.09. The van der Waals surface area contributed by atoms with Crippen LogP contribution in [-0.4, -0.2) is 34.1 Å². The number of aryl methyl sites for hydroxylation is 1. The van der Waals surface area contributed by atoms with Crippen molar-refractivity contribution in [1.82, 2.24) is 0 Å². The number of carbonyl (C=O) groups excluding carboxylic acids is 1. The van der Waals surface area contributed by atoms with Crippen molar-refractivity contribution in [3.63, 3.8) is 0 Å². The maximum atomic E-state index is 12.4. The van der Waals surface area contributed by atoms with Crippen molar-refractivity contribution in [2.45, 2.75) is 19.1 Å². The van der Waals surface area contributed by atoms with E-state index in [9.17, 15) is 24.8 Å². The molecule has 2 bridgehead atoms. The maximum absolute atomic E-state index is 12.4. The second kappa shape index (κ2) is 5.47. The van der Waals surface area contributed by atoms with Crippen LogP contribution in [0.1, 0.15) is 5.56 Å². The van der Waals surface area contributed by atoms with Crippen LogP contribution in [0.25, 0.3) is 0 Å². The Kier molecular flexibility index (Phi) is 3.61. The molecule has 0 saturated carbocycles. The van der Waals surface area contributed by atoms with Gasteiger partial charge in [0.25, 0.3) is 5.69 Å². The number of hydrogen-bond donors (Lipinski definition) is 2. The third kappa shape index (κ3) is 2.57. The van der Waals surface area contributed by atoms with Crippen molar-refractivity contribution < 1.29 is 24.4 Å². The fraction of sp³-hybridized carbons (Fsp3) is 0.333. The van der Waals surface area contributed by atoms with E-state index in [2.05, 4.69) is 5.32 Å². The number of ether oxygens (including phenoxy) is 1. The number of rotatable bonds is 4. The standard InChI is InChI=1S/C15H14N2O6/c1-7-2-3-8(6-9(7)17(21)22)16-14(18)12-10-4-5-11(23-10)13(12)15(19)20/h2-6,10-13H,1H3,(H,16,18)(H,19,20)/t10-,11-,12-,13-/m0/s1. The summed E-state index contributed by atoms with van der Waals surface area (Å²) in [4.78, 5) is 34.2. The quantitative estimate of drug-likeness (QED) is 0.493. The molecule has 23 heavy (non-hydrogen) atoms. The summed E-state index contributed by atoms with van der Waals surface area (Å²) in [6.45, 7) is 1.60. The highest BCUT2D eigenvalue weighted by molar-refractivity contribution is 5.97. The number of nitrogens with one attached hydrogen (secondary N) is 1. The summed E-state index contributed by atoms with van der Waals surface area (Å²) < 4.78 is 5.44. The molecule has 1 amide bonds. The normalized spacial score (nSPS) is 27.9. The number of nitro groups is 1. The highest BCUT2D eigenvalue weighted by Crippen LogP contribution is 2.40. The fourth-order valence-electron chi connectivity index (χ4n) is 3.02. The molecular formula is C15H14N2O6. The van der Waals surface area contributed by atoms with Gasteiger partial charge in [-0.15, -0.1) is 0 Å². The van der Waals surface area contributed by atoms with Gasteiger partial charge in [0.15, 0.2) is 0 Å². The summed E-state index contributed by atoms with van der Waals surface area (Å²) in [5.74, 6) is -3.43. The van der Waals surface area contributed by atoms with Crippen LogP contribution in [0.15, 0.2) is 30.4 Å². The molecule has 2 aliphatic rings. The molecule has 0 unspecified atom stereocenters. The first-order chi connectivity index (χ1) is 10.9. The Morgan fingerprint density at radius 2 is 1.91 bits per heavy atom. The number of carboxylic acid groups (broad SMARTS) is 1. The first-order valence-electron chi connectivity index (χ1n) is 7.01. The van der Waals surface area contributed by atoms with E-state index < -0.39 is 40.8 Å². The minimum atomic E-state index is -1.10. The zero-order chi connectivity index (χ0) is 16.7. The zero-order valence-corrected chi connectivity index (χ0v) is 12.1. The maximum Gasteiger partial charge on any atom is 0.310 e. The lowest BCUT2D eigenvalue weighted by Gasteiger charge is -2.21. The number of amides is 1. The predicted molar refractivity (Wildman–Crippen MR) is 78.9 cm³/mol. The lowest BCUT2D eigenvalue weighted by atomic mass is 9.82. The molecule has 0 spiro atoms. The van der Waals surface area contributed by atoms with Crippen molar-refractivity contribution in [3.8, 4) is 0 Å². The van der Waals surface area contributed by atoms with Gasteiger partial charge < -0.3 is 15.2 Å². The van der Waals surface area contributed by atoms with E-state index in [1.165, 1.54) is 12.1 Å². The van der Waals surface area contributed by atoms with Gasteiger partial charge in [-0.05, 0) is 13.0 Å². The molecule has 120 valence electrons. The highest BCUT2D eigenvalue weighted by atomic mass is 16.6. The first kappa shape index (κ1) is 15.2. The Hall–Kier alpha value is -2.74. The molecular weight excluding hydrogens is 304 g/mol. The van der Waals surface area contributed by atoms with Crippen LogP contribution in [0, 0.1) is 28.9 Å². The van der Waals surface area contributed by atoms with E-state index in [0.29, 0.717) is 5.56 Å². The number of hydrogen-bond acceptors (Lipinski definition) is 5. The van der Waals surface area contributed by atoms with Crippen molar-refractivity contribution >= 4 is 23.3 Å². The van der Waals surface area contributed by atoms with Gasteiger partial charge >= 0.3 is 5.97 Å². The van der Waals surface area contributed by atoms with Gasteiger partial charge in [-0.1, -0.05) is 18.2 Å². The number of carboxylic acids is 1. The van der Waals surface area contributed by atoms with Gasteiger partial charge in [-0.25, -0.2) is 0 Å². The number of aliphatic carboxylic acids is 1. The summed E-state index contributed by atoms with van der Waals surface area (Å²) in [6, 6.07) is 4.33. The summed E-state index contributed by atoms with van der Waals surface area (Å²) in [6.07, 6.45) is 2.12. The minimum absolute atomic E-state index is 0.110. The lowest BCUT2D eigenvalue weighted by molar-refractivity contribution is -0.385. The fourth-order valence-corrected chi connectivity index (χ4v) is 3.02. The van der Waals surface area contributed by atoms with E-state index in [4.69, 9.17) is 4.74 Å². The Bertz CT molecular complexity index is 729. The second-order valence-electron chi connectivity index (χ2n) is 5.59. The van der Waals surface area contributed by atoms with Gasteiger partial charge in [0.2, 0.25) is 5.91 Å². The topological polar surface area (TPSA) is 119 Å². The number of fused-ring (bicyclic) bond motifs is 2. The van der Waals surface area contributed by atoms with Crippen molar-refractivity contribution in [1.29, 1.82) is 0 Å².